The fraction of sp³-hybridized carbons (Fsp3) is 0.0909. The minimum Gasteiger partial charge on any atom is -0.458 e. The number of ether oxygens (including phenoxy) is 1. The van der Waals surface area contributed by atoms with Crippen LogP contribution in [0.2, 0.25) is 0 Å². The second-order valence-electron chi connectivity index (χ2n) is 27.1. The lowest BCUT2D eigenvalue weighted by molar-refractivity contribution is 0.488. The van der Waals surface area contributed by atoms with Crippen LogP contribution in [0.5, 0.6) is 11.5 Å². The second-order valence-corrected chi connectivity index (χ2v) is 28.2. The van der Waals surface area contributed by atoms with Gasteiger partial charge in [-0.25, -0.2) is 0 Å². The van der Waals surface area contributed by atoms with Crippen molar-refractivity contribution >= 4 is 128 Å². The molecule has 15 aromatic rings. The molecular weight excluding hydrogens is 1200 g/mol. The molecule has 0 bridgehead atoms. The summed E-state index contributed by atoms with van der Waals surface area (Å²) in [7, 11) is 0. The third-order valence-corrected chi connectivity index (χ3v) is 20.5. The summed E-state index contributed by atoms with van der Waals surface area (Å²) in [6.07, 6.45) is 0. The van der Waals surface area contributed by atoms with Gasteiger partial charge in [-0.05, 0) is 171 Å². The zero-order valence-electron chi connectivity index (χ0n) is 59.3. The SMILES string of the molecule is [2H]c1c([2H])c([2H])c(N(c2ccc(C#N)cc2)c2ccc3c(c2)N(c2c(-c4ccccc4)cccc2-c2ccccc2)c2cc(-n4c5ccc(C(C)(C)C)cc5c5cc(C(C)(C)C)ccc54)cc4c2B3c2c(cc(N(c3ccccc3)c3ccc(C#N)cc3)c3c2sc2ccccc23)O4)c([2H])c1[2H]. The van der Waals surface area contributed by atoms with Gasteiger partial charge < -0.3 is 24.0 Å². The van der Waals surface area contributed by atoms with Crippen LogP contribution in [0.3, 0.4) is 0 Å². The molecular formula is C88H65BN6OS. The zero-order chi connectivity index (χ0) is 70.2. The molecule has 2 aliphatic rings. The van der Waals surface area contributed by atoms with Crippen molar-refractivity contribution in [1.82, 2.24) is 4.57 Å². The van der Waals surface area contributed by atoms with Gasteiger partial charge in [-0.1, -0.05) is 193 Å². The lowest BCUT2D eigenvalue weighted by atomic mass is 9.34. The molecule has 13 aromatic carbocycles. The molecule has 0 saturated carbocycles. The van der Waals surface area contributed by atoms with Crippen LogP contribution in [-0.2, 0) is 10.8 Å². The fourth-order valence-electron chi connectivity index (χ4n) is 14.6. The highest BCUT2D eigenvalue weighted by molar-refractivity contribution is 7.28. The summed E-state index contributed by atoms with van der Waals surface area (Å²) in [5.41, 5.74) is 18.7. The van der Waals surface area contributed by atoms with Crippen LogP contribution in [-0.4, -0.2) is 11.3 Å². The first-order valence-corrected chi connectivity index (χ1v) is 33.5. The van der Waals surface area contributed by atoms with Crippen molar-refractivity contribution in [3.63, 3.8) is 0 Å². The van der Waals surface area contributed by atoms with E-state index in [1.165, 1.54) is 11.1 Å². The van der Waals surface area contributed by atoms with E-state index < -0.39 is 24.8 Å². The summed E-state index contributed by atoms with van der Waals surface area (Å²) in [5.74, 6) is 1.31. The van der Waals surface area contributed by atoms with Crippen molar-refractivity contribution < 1.29 is 11.6 Å². The van der Waals surface area contributed by atoms with Gasteiger partial charge in [0.15, 0.2) is 0 Å². The number of nitrogens with zero attached hydrogens (tertiary/aromatic N) is 6. The van der Waals surface area contributed by atoms with Crippen LogP contribution in [0.1, 0.15) is 70.7 Å². The number of thiophene rings is 1. The second kappa shape index (κ2) is 23.0. The Hall–Kier alpha value is -11.9. The van der Waals surface area contributed by atoms with Crippen molar-refractivity contribution in [2.45, 2.75) is 52.4 Å². The van der Waals surface area contributed by atoms with Crippen LogP contribution >= 0.6 is 11.3 Å². The minimum absolute atomic E-state index is 0.0515. The smallest absolute Gasteiger partial charge is 0.258 e. The lowest BCUT2D eigenvalue weighted by Gasteiger charge is -2.42. The highest BCUT2D eigenvalue weighted by atomic mass is 32.1. The van der Waals surface area contributed by atoms with Gasteiger partial charge in [0.05, 0.1) is 58.2 Å². The average Bonchev–Trinajstić information content (AvgIpc) is 1.14. The molecule has 2 aromatic heterocycles. The topological polar surface area (TPSA) is 71.5 Å². The average molecular weight is 1270 g/mol. The standard InChI is InChI=1S/C88H65BN6OS/c1-87(2,3)60-38-46-74-71(48-60)72-49-61(88(4,5)6)39-47-75(72)94(74)67-51-78-83-79(52-67)96-80-53-77(93(63-28-17-10-18-29-63)65-42-36-57(55-91)37-43-65)82-70-30-19-20-33-81(70)97-86(82)84(80)89(83)73-45-44-66(92(62-26-15-9-16-27-62)64-40-34-56(54-90)35-41-64)50-76(73)95(78)85-68(58-22-11-7-12-23-58)31-21-32-69(85)59-24-13-8-14-25-59/h7-53H,1-6H3/i9D,15D,16D,26D,27D. The number of hydrogen-bond acceptors (Lipinski definition) is 7. The number of para-hydroxylation sites is 3. The monoisotopic (exact) mass is 1270 g/mol. The van der Waals surface area contributed by atoms with Gasteiger partial charge in [-0.15, -0.1) is 11.3 Å². The number of nitriles is 2. The summed E-state index contributed by atoms with van der Waals surface area (Å²) < 4.78 is 59.0. The molecule has 0 saturated heterocycles. The Labute approximate surface area is 576 Å². The van der Waals surface area contributed by atoms with E-state index in [0.717, 1.165) is 120 Å². The van der Waals surface area contributed by atoms with Crippen molar-refractivity contribution in [3.8, 4) is 51.6 Å². The number of benzene rings is 13. The summed E-state index contributed by atoms with van der Waals surface area (Å²) in [6.45, 7) is 13.0. The van der Waals surface area contributed by atoms with E-state index in [0.29, 0.717) is 34.0 Å². The summed E-state index contributed by atoms with van der Waals surface area (Å²) in [6, 6.07) is 90.2. The van der Waals surface area contributed by atoms with Crippen LogP contribution in [0.25, 0.3) is 69.9 Å². The van der Waals surface area contributed by atoms with E-state index in [4.69, 9.17) is 6.11 Å². The summed E-state index contributed by atoms with van der Waals surface area (Å²) >= 11 is 1.73. The van der Waals surface area contributed by atoms with Crippen LogP contribution in [0, 0.1) is 22.7 Å². The zero-order valence-corrected chi connectivity index (χ0v) is 55.1. The van der Waals surface area contributed by atoms with Gasteiger partial charge in [0.25, 0.3) is 6.71 Å². The fourth-order valence-corrected chi connectivity index (χ4v) is 15.9. The molecule has 17 rings (SSSR count). The van der Waals surface area contributed by atoms with E-state index >= 15 is 0 Å². The Morgan fingerprint density at radius 1 is 0.464 bits per heavy atom. The number of fused-ring (bicyclic) bond motifs is 11. The molecule has 0 N–H and O–H groups in total. The molecule has 0 atom stereocenters. The van der Waals surface area contributed by atoms with Gasteiger partial charge >= 0.3 is 0 Å². The minimum atomic E-state index is -0.534. The molecule has 9 heteroatoms. The van der Waals surface area contributed by atoms with Crippen molar-refractivity contribution in [2.24, 2.45) is 0 Å². The molecule has 2 aliphatic heterocycles. The summed E-state index contributed by atoms with van der Waals surface area (Å²) in [4.78, 5) is 6.41. The van der Waals surface area contributed by atoms with Gasteiger partial charge in [-0.2, -0.15) is 10.5 Å². The maximum atomic E-state index is 10.2. The Bertz CT molecular complexity index is 5900. The maximum Gasteiger partial charge on any atom is 0.258 e. The molecule has 0 aliphatic carbocycles. The first kappa shape index (κ1) is 53.5. The van der Waals surface area contributed by atoms with Crippen LogP contribution < -0.4 is 35.8 Å². The third kappa shape index (κ3) is 9.84. The van der Waals surface area contributed by atoms with Gasteiger partial charge in [-0.3, -0.25) is 0 Å². The molecule has 7 nitrogen and oxygen atoms in total. The van der Waals surface area contributed by atoms with Crippen LogP contribution in [0.15, 0.2) is 285 Å². The van der Waals surface area contributed by atoms with Gasteiger partial charge in [0.2, 0.25) is 0 Å². The van der Waals surface area contributed by atoms with E-state index in [1.54, 1.807) is 40.5 Å². The molecule has 0 unspecified atom stereocenters. The third-order valence-electron chi connectivity index (χ3n) is 19.3. The number of rotatable bonds is 10. The van der Waals surface area contributed by atoms with E-state index in [2.05, 4.69) is 238 Å². The molecule has 0 fully saturated rings. The Balaban J connectivity index is 1.05. The molecule has 97 heavy (non-hydrogen) atoms. The van der Waals surface area contributed by atoms with Crippen LogP contribution in [0.4, 0.5) is 51.2 Å². The molecule has 0 amide bonds. The number of hydrogen-bond donors (Lipinski definition) is 0. The Morgan fingerprint density at radius 3 is 1.59 bits per heavy atom. The molecule has 462 valence electrons. The van der Waals surface area contributed by atoms with Gasteiger partial charge in [0, 0.05) is 94.0 Å². The largest absolute Gasteiger partial charge is 0.458 e. The van der Waals surface area contributed by atoms with E-state index in [-0.39, 0.29) is 28.6 Å². The Morgan fingerprint density at radius 2 is 1.00 bits per heavy atom. The number of anilines is 9. The lowest BCUT2D eigenvalue weighted by Crippen LogP contribution is -2.59. The highest BCUT2D eigenvalue weighted by Gasteiger charge is 2.46. The van der Waals surface area contributed by atoms with E-state index in [9.17, 15) is 16.0 Å². The van der Waals surface area contributed by atoms with Crippen molar-refractivity contribution in [3.05, 3.63) is 307 Å². The van der Waals surface area contributed by atoms with Crippen molar-refractivity contribution in [2.75, 3.05) is 14.7 Å². The van der Waals surface area contributed by atoms with E-state index in [1.807, 2.05) is 60.7 Å². The van der Waals surface area contributed by atoms with Gasteiger partial charge in [0.1, 0.15) is 11.5 Å². The molecule has 0 spiro atoms. The normalized spacial score (nSPS) is 13.2. The summed E-state index contributed by atoms with van der Waals surface area (Å²) in [5, 5.41) is 24.7. The first-order chi connectivity index (χ1) is 49.4. The quantitative estimate of drug-likeness (QED) is 0.127. The maximum absolute atomic E-state index is 10.2. The Kier molecular flexibility index (Phi) is 12.7. The van der Waals surface area contributed by atoms with Crippen molar-refractivity contribution in [1.29, 1.82) is 10.5 Å². The highest BCUT2D eigenvalue weighted by Crippen LogP contribution is 2.54. The first-order valence-electron chi connectivity index (χ1n) is 35.2. The predicted octanol–water partition coefficient (Wildman–Crippen LogP) is 22.2. The molecule has 0 radical (unpaired) electrons. The molecule has 4 heterocycles. The predicted molar refractivity (Wildman–Crippen MR) is 407 cm³/mol. The number of aromatic nitrogens is 1.